The molecule has 0 atom stereocenters. The summed E-state index contributed by atoms with van der Waals surface area (Å²) in [6.45, 7) is 0. The lowest BCUT2D eigenvalue weighted by Gasteiger charge is -2.03. The van der Waals surface area contributed by atoms with Crippen LogP contribution in [0.1, 0.15) is 10.4 Å². The first kappa shape index (κ1) is 12.3. The number of alkyl halides is 2. The Labute approximate surface area is 94.2 Å². The maximum Gasteiger partial charge on any atom is 0.337 e. The minimum atomic E-state index is -2.42. The molecule has 0 aliphatic heterocycles. The molecule has 15 heavy (non-hydrogen) atoms. The number of halogens is 3. The summed E-state index contributed by atoms with van der Waals surface area (Å²) in [6, 6.07) is 4.19. The van der Waals surface area contributed by atoms with E-state index >= 15 is 0 Å². The third-order valence-corrected chi connectivity index (χ3v) is 2.88. The minimum absolute atomic E-state index is 0.0732. The van der Waals surface area contributed by atoms with Crippen molar-refractivity contribution < 1.29 is 18.7 Å². The predicted molar refractivity (Wildman–Crippen MR) is 55.1 cm³/mol. The molecular formula is C9H7ClF2O2S. The third kappa shape index (κ3) is 3.68. The van der Waals surface area contributed by atoms with Crippen LogP contribution in [-0.4, -0.2) is 23.3 Å². The molecule has 0 bridgehead atoms. The number of thioether (sulfide) groups is 1. The van der Waals surface area contributed by atoms with E-state index in [-0.39, 0.29) is 16.3 Å². The number of aromatic carboxylic acids is 1. The van der Waals surface area contributed by atoms with Gasteiger partial charge in [-0.05, 0) is 18.2 Å². The van der Waals surface area contributed by atoms with E-state index in [0.717, 1.165) is 11.8 Å². The van der Waals surface area contributed by atoms with Crippen LogP contribution in [0, 0.1) is 0 Å². The minimum Gasteiger partial charge on any atom is -0.478 e. The number of rotatable bonds is 4. The van der Waals surface area contributed by atoms with Crippen molar-refractivity contribution in [2.75, 3.05) is 5.75 Å². The van der Waals surface area contributed by atoms with Crippen molar-refractivity contribution in [3.05, 3.63) is 28.8 Å². The van der Waals surface area contributed by atoms with Crippen LogP contribution in [0.4, 0.5) is 8.78 Å². The summed E-state index contributed by atoms with van der Waals surface area (Å²) in [4.78, 5) is 11.1. The molecule has 0 aliphatic carbocycles. The van der Waals surface area contributed by atoms with Crippen LogP contribution in [0.2, 0.25) is 5.02 Å². The standard InChI is InChI=1S/C9H7ClF2O2S/c10-7-2-1-5(15-4-8(11)12)3-6(7)9(13)14/h1-3,8H,4H2,(H,13,14). The van der Waals surface area contributed by atoms with Crippen LogP contribution < -0.4 is 0 Å². The van der Waals surface area contributed by atoms with Crippen molar-refractivity contribution in [2.45, 2.75) is 11.3 Å². The fourth-order valence-electron chi connectivity index (χ4n) is 0.917. The quantitative estimate of drug-likeness (QED) is 0.835. The summed E-state index contributed by atoms with van der Waals surface area (Å²) in [6.07, 6.45) is -2.42. The summed E-state index contributed by atoms with van der Waals surface area (Å²) in [5.41, 5.74) is -0.0732. The van der Waals surface area contributed by atoms with Gasteiger partial charge >= 0.3 is 5.97 Å². The smallest absolute Gasteiger partial charge is 0.337 e. The molecule has 1 aromatic rings. The Morgan fingerprint density at radius 3 is 2.73 bits per heavy atom. The average Bonchev–Trinajstić information content (AvgIpc) is 2.16. The predicted octanol–water partition coefficient (Wildman–Crippen LogP) is 3.40. The van der Waals surface area contributed by atoms with Crippen LogP contribution in [0.25, 0.3) is 0 Å². The van der Waals surface area contributed by atoms with E-state index in [4.69, 9.17) is 16.7 Å². The zero-order valence-corrected chi connectivity index (χ0v) is 8.99. The number of hydrogen-bond acceptors (Lipinski definition) is 2. The molecule has 0 saturated heterocycles. The summed E-state index contributed by atoms with van der Waals surface area (Å²) < 4.78 is 23.8. The van der Waals surface area contributed by atoms with Gasteiger partial charge in [-0.3, -0.25) is 0 Å². The second-order valence-corrected chi connectivity index (χ2v) is 4.15. The highest BCUT2D eigenvalue weighted by atomic mass is 35.5. The fraction of sp³-hybridized carbons (Fsp3) is 0.222. The molecule has 0 spiro atoms. The number of carboxylic acid groups (broad SMARTS) is 1. The normalized spacial score (nSPS) is 10.7. The van der Waals surface area contributed by atoms with E-state index in [9.17, 15) is 13.6 Å². The van der Waals surface area contributed by atoms with E-state index in [2.05, 4.69) is 0 Å². The molecule has 0 heterocycles. The van der Waals surface area contributed by atoms with Crippen LogP contribution in [0.5, 0.6) is 0 Å². The molecule has 82 valence electrons. The molecule has 2 nitrogen and oxygen atoms in total. The molecule has 0 saturated carbocycles. The molecule has 0 unspecified atom stereocenters. The van der Waals surface area contributed by atoms with Gasteiger partial charge in [-0.15, -0.1) is 11.8 Å². The highest BCUT2D eigenvalue weighted by Crippen LogP contribution is 2.25. The van der Waals surface area contributed by atoms with Gasteiger partial charge in [0.15, 0.2) is 0 Å². The number of carbonyl (C=O) groups is 1. The largest absolute Gasteiger partial charge is 0.478 e. The van der Waals surface area contributed by atoms with Gasteiger partial charge in [0.2, 0.25) is 6.43 Å². The molecule has 0 amide bonds. The number of hydrogen-bond donors (Lipinski definition) is 1. The van der Waals surface area contributed by atoms with Crippen LogP contribution in [0.3, 0.4) is 0 Å². The van der Waals surface area contributed by atoms with Gasteiger partial charge in [0.05, 0.1) is 16.3 Å². The summed E-state index contributed by atoms with van der Waals surface area (Å²) in [7, 11) is 0. The van der Waals surface area contributed by atoms with E-state index in [1.165, 1.54) is 18.2 Å². The molecule has 6 heteroatoms. The Hall–Kier alpha value is -0.810. The van der Waals surface area contributed by atoms with E-state index < -0.39 is 12.4 Å². The molecule has 1 N–H and O–H groups in total. The second kappa shape index (κ2) is 5.32. The second-order valence-electron chi connectivity index (χ2n) is 2.65. The van der Waals surface area contributed by atoms with E-state index in [1.807, 2.05) is 0 Å². The first-order valence-corrected chi connectivity index (χ1v) is 5.31. The van der Waals surface area contributed by atoms with Gasteiger partial charge < -0.3 is 5.11 Å². The molecule has 0 aromatic heterocycles. The zero-order valence-electron chi connectivity index (χ0n) is 7.41. The molecule has 0 radical (unpaired) electrons. The number of carboxylic acids is 1. The van der Waals surface area contributed by atoms with Gasteiger partial charge in [-0.2, -0.15) is 0 Å². The van der Waals surface area contributed by atoms with Crippen LogP contribution in [0.15, 0.2) is 23.1 Å². The monoisotopic (exact) mass is 252 g/mol. The molecule has 1 aromatic carbocycles. The number of benzene rings is 1. The van der Waals surface area contributed by atoms with Crippen molar-refractivity contribution in [3.63, 3.8) is 0 Å². The zero-order chi connectivity index (χ0) is 11.4. The Bertz CT molecular complexity index is 371. The lowest BCUT2D eigenvalue weighted by molar-refractivity contribution is 0.0697. The highest BCUT2D eigenvalue weighted by Gasteiger charge is 2.10. The topological polar surface area (TPSA) is 37.3 Å². The van der Waals surface area contributed by atoms with E-state index in [1.54, 1.807) is 0 Å². The van der Waals surface area contributed by atoms with E-state index in [0.29, 0.717) is 4.90 Å². The highest BCUT2D eigenvalue weighted by molar-refractivity contribution is 7.99. The maximum absolute atomic E-state index is 11.9. The Balaban J connectivity index is 2.83. The van der Waals surface area contributed by atoms with Gasteiger partial charge in [-0.25, -0.2) is 13.6 Å². The molecule has 0 fully saturated rings. The Kier molecular flexibility index (Phi) is 4.35. The van der Waals surface area contributed by atoms with Gasteiger partial charge in [0, 0.05) is 4.90 Å². The maximum atomic E-state index is 11.9. The first-order chi connectivity index (χ1) is 7.00. The van der Waals surface area contributed by atoms with Crippen molar-refractivity contribution in [1.82, 2.24) is 0 Å². The SMILES string of the molecule is O=C(O)c1cc(SCC(F)F)ccc1Cl. The Morgan fingerprint density at radius 1 is 1.53 bits per heavy atom. The molecule has 1 rings (SSSR count). The van der Waals surface area contributed by atoms with Crippen molar-refractivity contribution in [1.29, 1.82) is 0 Å². The van der Waals surface area contributed by atoms with Crippen molar-refractivity contribution >= 4 is 29.3 Å². The van der Waals surface area contributed by atoms with Crippen molar-refractivity contribution in [2.24, 2.45) is 0 Å². The summed E-state index contributed by atoms with van der Waals surface area (Å²) in [5, 5.41) is 8.83. The van der Waals surface area contributed by atoms with Crippen LogP contribution >= 0.6 is 23.4 Å². The van der Waals surface area contributed by atoms with Crippen LogP contribution in [-0.2, 0) is 0 Å². The summed E-state index contributed by atoms with van der Waals surface area (Å²) in [5.74, 6) is -1.53. The Morgan fingerprint density at radius 2 is 2.20 bits per heavy atom. The molecule has 0 aliphatic rings. The lowest BCUT2D eigenvalue weighted by atomic mass is 10.2. The fourth-order valence-corrected chi connectivity index (χ4v) is 1.80. The summed E-state index contributed by atoms with van der Waals surface area (Å²) >= 11 is 6.51. The lowest BCUT2D eigenvalue weighted by Crippen LogP contribution is -1.98. The first-order valence-electron chi connectivity index (χ1n) is 3.94. The van der Waals surface area contributed by atoms with Gasteiger partial charge in [0.1, 0.15) is 0 Å². The average molecular weight is 253 g/mol. The van der Waals surface area contributed by atoms with Crippen molar-refractivity contribution in [3.8, 4) is 0 Å². The molecular weight excluding hydrogens is 246 g/mol. The third-order valence-electron chi connectivity index (χ3n) is 1.54. The van der Waals surface area contributed by atoms with Gasteiger partial charge in [0.25, 0.3) is 0 Å². The van der Waals surface area contributed by atoms with Gasteiger partial charge in [-0.1, -0.05) is 11.6 Å².